The minimum atomic E-state index is 0.124. The highest BCUT2D eigenvalue weighted by molar-refractivity contribution is 5.94. The SMILES string of the molecule is CN(C)Cc1ccc(C(=O)N2CC[C@H](c3ccn[nH]3)C2)cc1. The van der Waals surface area contributed by atoms with Crippen LogP contribution in [-0.4, -0.2) is 53.1 Å². The summed E-state index contributed by atoms with van der Waals surface area (Å²) < 4.78 is 0. The monoisotopic (exact) mass is 298 g/mol. The van der Waals surface area contributed by atoms with Crippen molar-refractivity contribution in [3.05, 3.63) is 53.3 Å². The van der Waals surface area contributed by atoms with Gasteiger partial charge in [0, 0.05) is 43.0 Å². The Hall–Kier alpha value is -2.14. The smallest absolute Gasteiger partial charge is 0.253 e. The Morgan fingerprint density at radius 3 is 2.73 bits per heavy atom. The number of hydrogen-bond acceptors (Lipinski definition) is 3. The normalized spacial score (nSPS) is 18.1. The molecule has 3 rings (SSSR count). The molecular weight excluding hydrogens is 276 g/mol. The lowest BCUT2D eigenvalue weighted by atomic mass is 10.1. The van der Waals surface area contributed by atoms with Crippen LogP contribution in [0.1, 0.15) is 34.0 Å². The first-order valence-corrected chi connectivity index (χ1v) is 7.65. The molecule has 22 heavy (non-hydrogen) atoms. The van der Waals surface area contributed by atoms with Gasteiger partial charge in [0.05, 0.1) is 0 Å². The number of rotatable bonds is 4. The number of likely N-dealkylation sites (tertiary alicyclic amines) is 1. The molecular formula is C17H22N4O. The van der Waals surface area contributed by atoms with Crippen LogP contribution in [0.2, 0.25) is 0 Å². The summed E-state index contributed by atoms with van der Waals surface area (Å²) in [5.74, 6) is 0.498. The number of hydrogen-bond donors (Lipinski definition) is 1. The zero-order chi connectivity index (χ0) is 15.5. The maximum absolute atomic E-state index is 12.6. The van der Waals surface area contributed by atoms with E-state index in [9.17, 15) is 4.79 Å². The van der Waals surface area contributed by atoms with Crippen LogP contribution in [-0.2, 0) is 6.54 Å². The minimum absolute atomic E-state index is 0.124. The second-order valence-corrected chi connectivity index (χ2v) is 6.18. The van der Waals surface area contributed by atoms with E-state index < -0.39 is 0 Å². The van der Waals surface area contributed by atoms with Gasteiger partial charge in [-0.25, -0.2) is 0 Å². The van der Waals surface area contributed by atoms with Crippen molar-refractivity contribution in [1.82, 2.24) is 20.0 Å². The summed E-state index contributed by atoms with van der Waals surface area (Å²) in [5, 5.41) is 7.01. The van der Waals surface area contributed by atoms with Crippen LogP contribution in [0.3, 0.4) is 0 Å². The van der Waals surface area contributed by atoms with Gasteiger partial charge in [-0.3, -0.25) is 9.89 Å². The van der Waals surface area contributed by atoms with Crippen molar-refractivity contribution in [2.45, 2.75) is 18.9 Å². The molecule has 1 aromatic heterocycles. The van der Waals surface area contributed by atoms with Crippen LogP contribution in [0.15, 0.2) is 36.5 Å². The van der Waals surface area contributed by atoms with E-state index in [0.717, 1.165) is 37.3 Å². The van der Waals surface area contributed by atoms with Crippen LogP contribution in [0.4, 0.5) is 0 Å². The summed E-state index contributed by atoms with van der Waals surface area (Å²) in [4.78, 5) is 16.6. The summed E-state index contributed by atoms with van der Waals surface area (Å²) >= 11 is 0. The molecule has 2 aromatic rings. The summed E-state index contributed by atoms with van der Waals surface area (Å²) in [7, 11) is 4.08. The molecule has 0 saturated carbocycles. The molecule has 2 heterocycles. The zero-order valence-corrected chi connectivity index (χ0v) is 13.1. The number of amides is 1. The summed E-state index contributed by atoms with van der Waals surface area (Å²) in [6, 6.07) is 9.94. The molecule has 5 nitrogen and oxygen atoms in total. The Bertz CT molecular complexity index is 619. The fourth-order valence-corrected chi connectivity index (χ4v) is 2.99. The third kappa shape index (κ3) is 3.20. The van der Waals surface area contributed by atoms with Crippen LogP contribution in [0.25, 0.3) is 0 Å². The summed E-state index contributed by atoms with van der Waals surface area (Å²) in [6.07, 6.45) is 2.76. The lowest BCUT2D eigenvalue weighted by Gasteiger charge is -2.17. The molecule has 116 valence electrons. The quantitative estimate of drug-likeness (QED) is 0.940. The standard InChI is InChI=1S/C17H22N4O/c1-20(2)11-13-3-5-14(6-4-13)17(22)21-10-8-15(12-21)16-7-9-18-19-16/h3-7,9,15H,8,10-12H2,1-2H3,(H,18,19)/t15-/m0/s1. The first kappa shape index (κ1) is 14.8. The molecule has 1 aliphatic rings. The molecule has 1 N–H and O–H groups in total. The highest BCUT2D eigenvalue weighted by Crippen LogP contribution is 2.26. The number of nitrogens with one attached hydrogen (secondary N) is 1. The fourth-order valence-electron chi connectivity index (χ4n) is 2.99. The van der Waals surface area contributed by atoms with E-state index in [2.05, 4.69) is 15.1 Å². The van der Waals surface area contributed by atoms with Crippen molar-refractivity contribution in [2.24, 2.45) is 0 Å². The van der Waals surface area contributed by atoms with E-state index in [0.29, 0.717) is 5.92 Å². The molecule has 0 radical (unpaired) electrons. The third-order valence-electron chi connectivity index (χ3n) is 4.14. The third-order valence-corrected chi connectivity index (χ3v) is 4.14. The van der Waals surface area contributed by atoms with Gasteiger partial charge in [0.25, 0.3) is 5.91 Å². The van der Waals surface area contributed by atoms with Gasteiger partial charge in [-0.1, -0.05) is 12.1 Å². The maximum Gasteiger partial charge on any atom is 0.253 e. The number of carbonyl (C=O) groups is 1. The van der Waals surface area contributed by atoms with E-state index >= 15 is 0 Å². The second-order valence-electron chi connectivity index (χ2n) is 6.18. The molecule has 1 aromatic carbocycles. The van der Waals surface area contributed by atoms with Gasteiger partial charge in [-0.05, 0) is 44.3 Å². The highest BCUT2D eigenvalue weighted by Gasteiger charge is 2.28. The van der Waals surface area contributed by atoms with Crippen molar-refractivity contribution in [3.8, 4) is 0 Å². The Labute approximate surface area is 130 Å². The molecule has 0 unspecified atom stereocenters. The minimum Gasteiger partial charge on any atom is -0.338 e. The molecule has 0 spiro atoms. The van der Waals surface area contributed by atoms with Crippen LogP contribution < -0.4 is 0 Å². The van der Waals surface area contributed by atoms with E-state index in [4.69, 9.17) is 0 Å². The van der Waals surface area contributed by atoms with Gasteiger partial charge in [-0.2, -0.15) is 5.10 Å². The first-order valence-electron chi connectivity index (χ1n) is 7.65. The zero-order valence-electron chi connectivity index (χ0n) is 13.1. The number of aromatic amines is 1. The van der Waals surface area contributed by atoms with E-state index in [1.54, 1.807) is 6.20 Å². The molecule has 1 fully saturated rings. The van der Waals surface area contributed by atoms with Gasteiger partial charge in [0.1, 0.15) is 0 Å². The van der Waals surface area contributed by atoms with Crippen molar-refractivity contribution in [1.29, 1.82) is 0 Å². The van der Waals surface area contributed by atoms with Crippen molar-refractivity contribution < 1.29 is 4.79 Å². The average Bonchev–Trinajstić information content (AvgIpc) is 3.18. The van der Waals surface area contributed by atoms with Gasteiger partial charge in [0.15, 0.2) is 0 Å². The largest absolute Gasteiger partial charge is 0.338 e. The Kier molecular flexibility index (Phi) is 4.24. The van der Waals surface area contributed by atoms with E-state index in [1.807, 2.05) is 49.3 Å². The number of H-pyrrole nitrogens is 1. The van der Waals surface area contributed by atoms with Gasteiger partial charge in [-0.15, -0.1) is 0 Å². The van der Waals surface area contributed by atoms with Gasteiger partial charge in [0.2, 0.25) is 0 Å². The number of nitrogens with zero attached hydrogens (tertiary/aromatic N) is 3. The van der Waals surface area contributed by atoms with Crippen LogP contribution in [0, 0.1) is 0 Å². The lowest BCUT2D eigenvalue weighted by molar-refractivity contribution is 0.0790. The Balaban J connectivity index is 1.64. The van der Waals surface area contributed by atoms with E-state index in [1.165, 1.54) is 5.56 Å². The number of aromatic nitrogens is 2. The summed E-state index contributed by atoms with van der Waals surface area (Å²) in [6.45, 7) is 2.46. The molecule has 0 bridgehead atoms. The maximum atomic E-state index is 12.6. The Morgan fingerprint density at radius 2 is 2.09 bits per heavy atom. The first-order chi connectivity index (χ1) is 10.6. The van der Waals surface area contributed by atoms with Crippen LogP contribution >= 0.6 is 0 Å². The molecule has 1 saturated heterocycles. The van der Waals surface area contributed by atoms with Crippen molar-refractivity contribution in [2.75, 3.05) is 27.2 Å². The highest BCUT2D eigenvalue weighted by atomic mass is 16.2. The predicted molar refractivity (Wildman–Crippen MR) is 85.7 cm³/mol. The van der Waals surface area contributed by atoms with Crippen molar-refractivity contribution in [3.63, 3.8) is 0 Å². The average molecular weight is 298 g/mol. The molecule has 1 amide bonds. The lowest BCUT2D eigenvalue weighted by Crippen LogP contribution is -2.28. The fraction of sp³-hybridized carbons (Fsp3) is 0.412. The molecule has 1 atom stereocenters. The number of carbonyl (C=O) groups excluding carboxylic acids is 1. The predicted octanol–water partition coefficient (Wildman–Crippen LogP) is 2.10. The topological polar surface area (TPSA) is 52.2 Å². The second kappa shape index (κ2) is 6.32. The number of benzene rings is 1. The van der Waals surface area contributed by atoms with Crippen molar-refractivity contribution >= 4 is 5.91 Å². The van der Waals surface area contributed by atoms with Gasteiger partial charge < -0.3 is 9.80 Å². The van der Waals surface area contributed by atoms with Crippen LogP contribution in [0.5, 0.6) is 0 Å². The molecule has 1 aliphatic heterocycles. The summed E-state index contributed by atoms with van der Waals surface area (Å²) in [5.41, 5.74) is 3.11. The van der Waals surface area contributed by atoms with Gasteiger partial charge >= 0.3 is 0 Å². The Morgan fingerprint density at radius 1 is 1.32 bits per heavy atom. The molecule has 5 heteroatoms. The van der Waals surface area contributed by atoms with E-state index in [-0.39, 0.29) is 5.91 Å². The molecule has 0 aliphatic carbocycles.